The summed E-state index contributed by atoms with van der Waals surface area (Å²) in [6.45, 7) is 0.880. The molecule has 1 aromatic carbocycles. The number of aliphatic hydroxyl groups is 2. The molecule has 0 aliphatic rings. The van der Waals surface area contributed by atoms with E-state index in [0.29, 0.717) is 13.1 Å². The molecule has 15 heavy (non-hydrogen) atoms. The van der Waals surface area contributed by atoms with E-state index in [2.05, 4.69) is 0 Å². The third-order valence-corrected chi connectivity index (χ3v) is 2.50. The molecule has 0 fully saturated rings. The van der Waals surface area contributed by atoms with Gasteiger partial charge in [0.2, 0.25) is 0 Å². The lowest BCUT2D eigenvalue weighted by Crippen LogP contribution is -2.31. The molecule has 1 unspecified atom stereocenters. The van der Waals surface area contributed by atoms with Crippen LogP contribution in [0.3, 0.4) is 0 Å². The summed E-state index contributed by atoms with van der Waals surface area (Å²) in [7, 11) is 1.88. The quantitative estimate of drug-likeness (QED) is 0.796. The predicted molar refractivity (Wildman–Crippen MR) is 60.9 cm³/mol. The van der Waals surface area contributed by atoms with Crippen LogP contribution in [-0.2, 0) is 6.54 Å². The minimum absolute atomic E-state index is 0.215. The van der Waals surface area contributed by atoms with Gasteiger partial charge in [-0.3, -0.25) is 4.90 Å². The summed E-state index contributed by atoms with van der Waals surface area (Å²) in [6.07, 6.45) is -0.697. The number of hydrogen-bond donors (Lipinski definition) is 2. The van der Waals surface area contributed by atoms with Gasteiger partial charge in [0.25, 0.3) is 0 Å². The number of rotatable bonds is 5. The van der Waals surface area contributed by atoms with Gasteiger partial charge in [-0.1, -0.05) is 29.8 Å². The molecule has 0 heterocycles. The number of benzene rings is 1. The summed E-state index contributed by atoms with van der Waals surface area (Å²) in [5, 5.41) is 18.7. The molecule has 0 aromatic heterocycles. The fraction of sp³-hybridized carbons (Fsp3) is 0.455. The van der Waals surface area contributed by atoms with Crippen molar-refractivity contribution in [2.75, 3.05) is 20.2 Å². The highest BCUT2D eigenvalue weighted by Crippen LogP contribution is 2.16. The maximum atomic E-state index is 9.25. The van der Waals surface area contributed by atoms with Gasteiger partial charge in [-0.2, -0.15) is 0 Å². The van der Waals surface area contributed by atoms with Crippen molar-refractivity contribution in [3.8, 4) is 0 Å². The normalized spacial score (nSPS) is 13.1. The molecule has 0 amide bonds. The zero-order valence-electron chi connectivity index (χ0n) is 8.73. The van der Waals surface area contributed by atoms with Gasteiger partial charge >= 0.3 is 0 Å². The molecule has 0 spiro atoms. The highest BCUT2D eigenvalue weighted by molar-refractivity contribution is 6.31. The average molecular weight is 230 g/mol. The largest absolute Gasteiger partial charge is 0.394 e. The van der Waals surface area contributed by atoms with Crippen molar-refractivity contribution in [3.05, 3.63) is 34.9 Å². The summed E-state index contributed by atoms with van der Waals surface area (Å²) >= 11 is 6.00. The number of halogens is 1. The molecule has 2 N–H and O–H groups in total. The summed E-state index contributed by atoms with van der Waals surface area (Å²) in [5.74, 6) is 0. The SMILES string of the molecule is CN(Cc1ccccc1Cl)CC(O)CO. The number of likely N-dealkylation sites (N-methyl/N-ethyl adjacent to an activating group) is 1. The molecule has 3 nitrogen and oxygen atoms in total. The Labute approximate surface area is 94.9 Å². The first kappa shape index (κ1) is 12.5. The van der Waals surface area contributed by atoms with Crippen molar-refractivity contribution in [2.45, 2.75) is 12.6 Å². The molecule has 1 aromatic rings. The van der Waals surface area contributed by atoms with Gasteiger partial charge in [0, 0.05) is 18.1 Å². The van der Waals surface area contributed by atoms with Crippen molar-refractivity contribution >= 4 is 11.6 Å². The Kier molecular flexibility index (Phi) is 5.05. The molecular formula is C11H16ClNO2. The summed E-state index contributed by atoms with van der Waals surface area (Å²) in [4.78, 5) is 1.92. The van der Waals surface area contributed by atoms with Crippen molar-refractivity contribution in [2.24, 2.45) is 0 Å². The predicted octanol–water partition coefficient (Wildman–Crippen LogP) is 1.12. The Morgan fingerprint density at radius 1 is 1.40 bits per heavy atom. The first-order chi connectivity index (χ1) is 7.13. The molecule has 1 rings (SSSR count). The highest BCUT2D eigenvalue weighted by atomic mass is 35.5. The van der Waals surface area contributed by atoms with Crippen LogP contribution in [0.2, 0.25) is 5.02 Å². The maximum absolute atomic E-state index is 9.25. The van der Waals surface area contributed by atoms with Crippen molar-refractivity contribution in [3.63, 3.8) is 0 Å². The summed E-state index contributed by atoms with van der Waals surface area (Å²) in [6, 6.07) is 7.60. The zero-order valence-corrected chi connectivity index (χ0v) is 9.48. The molecule has 4 heteroatoms. The third-order valence-electron chi connectivity index (χ3n) is 2.13. The van der Waals surface area contributed by atoms with Crippen LogP contribution in [0.1, 0.15) is 5.56 Å². The van der Waals surface area contributed by atoms with Gasteiger partial charge in [-0.05, 0) is 18.7 Å². The monoisotopic (exact) mass is 229 g/mol. The Hall–Kier alpha value is -0.610. The molecule has 0 saturated heterocycles. The van der Waals surface area contributed by atoms with E-state index >= 15 is 0 Å². The minimum atomic E-state index is -0.697. The van der Waals surface area contributed by atoms with Gasteiger partial charge in [-0.25, -0.2) is 0 Å². The van der Waals surface area contributed by atoms with Crippen molar-refractivity contribution in [1.82, 2.24) is 4.90 Å². The number of nitrogens with zero attached hydrogens (tertiary/aromatic N) is 1. The lowest BCUT2D eigenvalue weighted by Gasteiger charge is -2.19. The van der Waals surface area contributed by atoms with E-state index < -0.39 is 6.10 Å². The standard InChI is InChI=1S/C11H16ClNO2/c1-13(7-10(15)8-14)6-9-4-2-3-5-11(9)12/h2-5,10,14-15H,6-8H2,1H3. The van der Waals surface area contributed by atoms with Crippen LogP contribution < -0.4 is 0 Å². The van der Waals surface area contributed by atoms with Gasteiger partial charge in [0.15, 0.2) is 0 Å². The second-order valence-electron chi connectivity index (χ2n) is 3.62. The fourth-order valence-electron chi connectivity index (χ4n) is 1.40. The van der Waals surface area contributed by atoms with Crippen LogP contribution in [0, 0.1) is 0 Å². The molecule has 0 bridgehead atoms. The molecule has 84 valence electrons. The second kappa shape index (κ2) is 6.08. The zero-order chi connectivity index (χ0) is 11.3. The Bertz CT molecular complexity index is 306. The van der Waals surface area contributed by atoms with Crippen molar-refractivity contribution in [1.29, 1.82) is 0 Å². The lowest BCUT2D eigenvalue weighted by molar-refractivity contribution is 0.0648. The maximum Gasteiger partial charge on any atom is 0.0897 e. The van der Waals surface area contributed by atoms with Gasteiger partial charge in [0.1, 0.15) is 0 Å². The van der Waals surface area contributed by atoms with Crippen LogP contribution in [-0.4, -0.2) is 41.4 Å². The Balaban J connectivity index is 2.51. The molecule has 0 aliphatic carbocycles. The van der Waals surface area contributed by atoms with E-state index in [4.69, 9.17) is 16.7 Å². The van der Waals surface area contributed by atoms with Crippen LogP contribution in [0.4, 0.5) is 0 Å². The van der Waals surface area contributed by atoms with Crippen molar-refractivity contribution < 1.29 is 10.2 Å². The van der Waals surface area contributed by atoms with Gasteiger partial charge < -0.3 is 10.2 Å². The molecular weight excluding hydrogens is 214 g/mol. The number of aliphatic hydroxyl groups excluding tert-OH is 2. The van der Waals surface area contributed by atoms with E-state index in [1.54, 1.807) is 0 Å². The third kappa shape index (κ3) is 4.18. The number of hydrogen-bond acceptors (Lipinski definition) is 3. The van der Waals surface area contributed by atoms with Crippen LogP contribution >= 0.6 is 11.6 Å². The average Bonchev–Trinajstić information content (AvgIpc) is 2.21. The van der Waals surface area contributed by atoms with Gasteiger partial charge in [0.05, 0.1) is 12.7 Å². The van der Waals surface area contributed by atoms with Crippen LogP contribution in [0.15, 0.2) is 24.3 Å². The van der Waals surface area contributed by atoms with Crippen LogP contribution in [0.5, 0.6) is 0 Å². The second-order valence-corrected chi connectivity index (χ2v) is 4.03. The Morgan fingerprint density at radius 3 is 2.67 bits per heavy atom. The van der Waals surface area contributed by atoms with E-state index in [1.807, 2.05) is 36.2 Å². The topological polar surface area (TPSA) is 43.7 Å². The minimum Gasteiger partial charge on any atom is -0.394 e. The van der Waals surface area contributed by atoms with E-state index in [-0.39, 0.29) is 6.61 Å². The van der Waals surface area contributed by atoms with E-state index in [1.165, 1.54) is 0 Å². The molecule has 0 aliphatic heterocycles. The smallest absolute Gasteiger partial charge is 0.0897 e. The van der Waals surface area contributed by atoms with Gasteiger partial charge in [-0.15, -0.1) is 0 Å². The first-order valence-electron chi connectivity index (χ1n) is 4.84. The molecule has 1 atom stereocenters. The van der Waals surface area contributed by atoms with E-state index in [0.717, 1.165) is 10.6 Å². The summed E-state index contributed by atoms with van der Waals surface area (Å²) < 4.78 is 0. The Morgan fingerprint density at radius 2 is 2.07 bits per heavy atom. The van der Waals surface area contributed by atoms with E-state index in [9.17, 15) is 5.11 Å². The first-order valence-corrected chi connectivity index (χ1v) is 5.22. The highest BCUT2D eigenvalue weighted by Gasteiger charge is 2.08. The molecule has 0 radical (unpaired) electrons. The lowest BCUT2D eigenvalue weighted by atomic mass is 10.2. The van der Waals surface area contributed by atoms with Crippen LogP contribution in [0.25, 0.3) is 0 Å². The fourth-order valence-corrected chi connectivity index (χ4v) is 1.59. The summed E-state index contributed by atoms with van der Waals surface area (Å²) in [5.41, 5.74) is 1.02. The molecule has 0 saturated carbocycles.